The van der Waals surface area contributed by atoms with E-state index in [1.807, 2.05) is 48.5 Å². The lowest BCUT2D eigenvalue weighted by molar-refractivity contribution is -0.127. The zero-order valence-electron chi connectivity index (χ0n) is 11.2. The summed E-state index contributed by atoms with van der Waals surface area (Å²) in [7, 11) is 0. The molecule has 0 aliphatic heterocycles. The van der Waals surface area contributed by atoms with Gasteiger partial charge in [-0.1, -0.05) is 48.5 Å². The highest BCUT2D eigenvalue weighted by molar-refractivity contribution is 5.84. The Hall–Kier alpha value is -2.62. The van der Waals surface area contributed by atoms with Gasteiger partial charge in [0.15, 0.2) is 6.10 Å². The fourth-order valence-corrected chi connectivity index (χ4v) is 1.56. The number of carbonyl (C=O) groups is 1. The molecule has 0 radical (unpaired) electrons. The zero-order chi connectivity index (χ0) is 14.2. The lowest BCUT2D eigenvalue weighted by Gasteiger charge is -2.12. The highest BCUT2D eigenvalue weighted by Crippen LogP contribution is 2.10. The number of para-hydroxylation sites is 1. The molecule has 4 nitrogen and oxygen atoms in total. The van der Waals surface area contributed by atoms with Gasteiger partial charge in [0.25, 0.3) is 5.91 Å². The molecule has 2 aromatic carbocycles. The van der Waals surface area contributed by atoms with Crippen LogP contribution in [0.4, 0.5) is 0 Å². The summed E-state index contributed by atoms with van der Waals surface area (Å²) in [4.78, 5) is 11.8. The number of carbonyl (C=O) groups excluding carboxylic acids is 1. The predicted octanol–water partition coefficient (Wildman–Crippen LogP) is 2.60. The summed E-state index contributed by atoms with van der Waals surface area (Å²) in [5.41, 5.74) is 3.38. The topological polar surface area (TPSA) is 50.7 Å². The Morgan fingerprint density at radius 1 is 1.10 bits per heavy atom. The lowest BCUT2D eigenvalue weighted by atomic mass is 10.2. The lowest BCUT2D eigenvalue weighted by Crippen LogP contribution is -2.33. The number of hydrogen-bond acceptors (Lipinski definition) is 3. The van der Waals surface area contributed by atoms with E-state index in [9.17, 15) is 4.79 Å². The van der Waals surface area contributed by atoms with Gasteiger partial charge in [0.1, 0.15) is 5.75 Å². The molecular weight excluding hydrogens is 252 g/mol. The molecule has 1 N–H and O–H groups in total. The van der Waals surface area contributed by atoms with E-state index in [0.29, 0.717) is 5.75 Å². The molecule has 0 bridgehead atoms. The third-order valence-corrected chi connectivity index (χ3v) is 2.61. The monoisotopic (exact) mass is 268 g/mol. The zero-order valence-corrected chi connectivity index (χ0v) is 11.2. The fraction of sp³-hybridized carbons (Fsp3) is 0.125. The predicted molar refractivity (Wildman–Crippen MR) is 78.7 cm³/mol. The first-order valence-electron chi connectivity index (χ1n) is 6.35. The quantitative estimate of drug-likeness (QED) is 0.669. The summed E-state index contributed by atoms with van der Waals surface area (Å²) in [6.07, 6.45) is 0.984. The normalized spacial score (nSPS) is 12.1. The van der Waals surface area contributed by atoms with Gasteiger partial charge >= 0.3 is 0 Å². The molecule has 1 amide bonds. The van der Waals surface area contributed by atoms with E-state index < -0.39 is 6.10 Å². The van der Waals surface area contributed by atoms with Crippen molar-refractivity contribution in [1.29, 1.82) is 0 Å². The van der Waals surface area contributed by atoms with Gasteiger partial charge in [-0.15, -0.1) is 0 Å². The molecule has 0 heterocycles. The van der Waals surface area contributed by atoms with Crippen molar-refractivity contribution in [3.05, 3.63) is 66.2 Å². The van der Waals surface area contributed by atoms with Gasteiger partial charge < -0.3 is 4.74 Å². The molecule has 1 atom stereocenters. The Kier molecular flexibility index (Phi) is 4.89. The molecule has 0 saturated heterocycles. The Morgan fingerprint density at radius 3 is 2.35 bits per heavy atom. The van der Waals surface area contributed by atoms with Gasteiger partial charge in [0.05, 0.1) is 6.21 Å². The average Bonchev–Trinajstić information content (AvgIpc) is 2.49. The van der Waals surface area contributed by atoms with Crippen molar-refractivity contribution < 1.29 is 9.53 Å². The minimum atomic E-state index is -0.606. The number of rotatable bonds is 5. The Bertz CT molecular complexity index is 568. The van der Waals surface area contributed by atoms with E-state index in [-0.39, 0.29) is 5.91 Å². The minimum absolute atomic E-state index is 0.291. The van der Waals surface area contributed by atoms with Gasteiger partial charge in [0.2, 0.25) is 0 Å². The highest BCUT2D eigenvalue weighted by atomic mass is 16.5. The number of hydrazone groups is 1. The van der Waals surface area contributed by atoms with Gasteiger partial charge in [-0.3, -0.25) is 4.79 Å². The maximum Gasteiger partial charge on any atom is 0.280 e. The van der Waals surface area contributed by atoms with Crippen LogP contribution in [0.2, 0.25) is 0 Å². The second-order valence-electron chi connectivity index (χ2n) is 4.22. The van der Waals surface area contributed by atoms with Crippen LogP contribution in [0, 0.1) is 0 Å². The Morgan fingerprint density at radius 2 is 1.70 bits per heavy atom. The smallest absolute Gasteiger partial charge is 0.280 e. The van der Waals surface area contributed by atoms with Crippen LogP contribution < -0.4 is 10.2 Å². The number of ether oxygens (including phenoxy) is 1. The summed E-state index contributed by atoms with van der Waals surface area (Å²) in [5, 5.41) is 3.90. The standard InChI is InChI=1S/C16H16N2O2/c1-13(20-15-10-6-3-7-11-15)16(19)18-17-12-14-8-4-2-5-9-14/h2-13H,1H3,(H,18,19)/b17-12+. The van der Waals surface area contributed by atoms with Gasteiger partial charge in [-0.05, 0) is 24.6 Å². The van der Waals surface area contributed by atoms with E-state index in [1.165, 1.54) is 0 Å². The van der Waals surface area contributed by atoms with Crippen LogP contribution in [0.25, 0.3) is 0 Å². The van der Waals surface area contributed by atoms with Crippen LogP contribution in [-0.2, 0) is 4.79 Å². The highest BCUT2D eigenvalue weighted by Gasteiger charge is 2.13. The first-order valence-corrected chi connectivity index (χ1v) is 6.35. The van der Waals surface area contributed by atoms with Crippen LogP contribution in [0.3, 0.4) is 0 Å². The summed E-state index contributed by atoms with van der Waals surface area (Å²) in [5.74, 6) is 0.364. The molecule has 0 saturated carbocycles. The van der Waals surface area contributed by atoms with Crippen LogP contribution >= 0.6 is 0 Å². The minimum Gasteiger partial charge on any atom is -0.481 e. The molecule has 0 aliphatic rings. The molecule has 0 spiro atoms. The Labute approximate surface area is 118 Å². The maximum absolute atomic E-state index is 11.8. The number of nitrogens with one attached hydrogen (secondary N) is 1. The molecule has 0 fully saturated rings. The van der Waals surface area contributed by atoms with Crippen LogP contribution in [0.5, 0.6) is 5.75 Å². The summed E-state index contributed by atoms with van der Waals surface area (Å²) in [6.45, 7) is 1.68. The largest absolute Gasteiger partial charge is 0.481 e. The van der Waals surface area contributed by atoms with Crippen LogP contribution in [0.1, 0.15) is 12.5 Å². The maximum atomic E-state index is 11.8. The molecule has 102 valence electrons. The molecule has 4 heteroatoms. The molecule has 0 aromatic heterocycles. The number of nitrogens with zero attached hydrogens (tertiary/aromatic N) is 1. The average molecular weight is 268 g/mol. The van der Waals surface area contributed by atoms with Crippen molar-refractivity contribution in [2.24, 2.45) is 5.10 Å². The van der Waals surface area contributed by atoms with E-state index in [0.717, 1.165) is 5.56 Å². The van der Waals surface area contributed by atoms with Crippen molar-refractivity contribution in [2.45, 2.75) is 13.0 Å². The van der Waals surface area contributed by atoms with E-state index in [2.05, 4.69) is 10.5 Å². The van der Waals surface area contributed by atoms with Crippen molar-refractivity contribution in [1.82, 2.24) is 5.43 Å². The summed E-state index contributed by atoms with van der Waals surface area (Å²) < 4.78 is 5.49. The third kappa shape index (κ3) is 4.24. The molecule has 0 aliphatic carbocycles. The van der Waals surface area contributed by atoms with Crippen molar-refractivity contribution in [3.63, 3.8) is 0 Å². The molecule has 2 rings (SSSR count). The number of benzene rings is 2. The molecular formula is C16H16N2O2. The summed E-state index contributed by atoms with van der Waals surface area (Å²) >= 11 is 0. The molecule has 20 heavy (non-hydrogen) atoms. The van der Waals surface area contributed by atoms with E-state index in [4.69, 9.17) is 4.74 Å². The van der Waals surface area contributed by atoms with E-state index >= 15 is 0 Å². The third-order valence-electron chi connectivity index (χ3n) is 2.61. The first-order chi connectivity index (χ1) is 9.75. The van der Waals surface area contributed by atoms with Gasteiger partial charge in [-0.25, -0.2) is 5.43 Å². The molecule has 1 unspecified atom stereocenters. The second kappa shape index (κ2) is 7.09. The Balaban J connectivity index is 1.84. The number of amides is 1. The van der Waals surface area contributed by atoms with E-state index in [1.54, 1.807) is 25.3 Å². The van der Waals surface area contributed by atoms with Crippen LogP contribution in [0.15, 0.2) is 65.8 Å². The van der Waals surface area contributed by atoms with Crippen molar-refractivity contribution in [3.8, 4) is 5.75 Å². The van der Waals surface area contributed by atoms with Crippen molar-refractivity contribution >= 4 is 12.1 Å². The number of hydrogen-bond donors (Lipinski definition) is 1. The van der Waals surface area contributed by atoms with Crippen molar-refractivity contribution in [2.75, 3.05) is 0 Å². The van der Waals surface area contributed by atoms with Crippen LogP contribution in [-0.4, -0.2) is 18.2 Å². The fourth-order valence-electron chi connectivity index (χ4n) is 1.56. The SMILES string of the molecule is CC(Oc1ccccc1)C(=O)N/N=C/c1ccccc1. The first kappa shape index (κ1) is 13.8. The summed E-state index contributed by atoms with van der Waals surface area (Å²) in [6, 6.07) is 18.7. The second-order valence-corrected chi connectivity index (χ2v) is 4.22. The molecule has 2 aromatic rings. The van der Waals surface area contributed by atoms with Gasteiger partial charge in [0, 0.05) is 0 Å². The van der Waals surface area contributed by atoms with Gasteiger partial charge in [-0.2, -0.15) is 5.10 Å².